The van der Waals surface area contributed by atoms with Gasteiger partial charge in [-0.1, -0.05) is 61.9 Å². The smallest absolute Gasteiger partial charge is 0.152 e. The van der Waals surface area contributed by atoms with E-state index in [2.05, 4.69) is 55.5 Å². The molecule has 2 aromatic carbocycles. The van der Waals surface area contributed by atoms with Crippen molar-refractivity contribution in [1.29, 1.82) is 0 Å². The Morgan fingerprint density at radius 1 is 0.692 bits per heavy atom. The number of rotatable bonds is 10. The molecule has 0 bridgehead atoms. The van der Waals surface area contributed by atoms with Gasteiger partial charge in [0.2, 0.25) is 0 Å². The van der Waals surface area contributed by atoms with Gasteiger partial charge in [0.05, 0.1) is 11.0 Å². The minimum Gasteiger partial charge on any atom is -0.229 e. The molecule has 0 radical (unpaired) electrons. The van der Waals surface area contributed by atoms with Crippen LogP contribution >= 0.6 is 0 Å². The summed E-state index contributed by atoms with van der Waals surface area (Å²) in [4.78, 5) is 0. The molecule has 2 nitrogen and oxygen atoms in total. The third kappa shape index (κ3) is 6.60. The maximum atomic E-state index is 11.9. The summed E-state index contributed by atoms with van der Waals surface area (Å²) in [5.41, 5.74) is 5.20. The molecule has 0 saturated carbocycles. The lowest BCUT2D eigenvalue weighted by molar-refractivity contribution is 0.586. The average Bonchev–Trinajstić information content (AvgIpc) is 2.64. The quantitative estimate of drug-likeness (QED) is 0.576. The highest BCUT2D eigenvalue weighted by molar-refractivity contribution is 7.91. The summed E-state index contributed by atoms with van der Waals surface area (Å²) in [6, 6.07) is 17.4. The molecule has 0 aliphatic carbocycles. The van der Waals surface area contributed by atoms with Crippen molar-refractivity contribution in [3.05, 3.63) is 70.8 Å². The number of benzene rings is 2. The normalized spacial score (nSPS) is 11.8. The van der Waals surface area contributed by atoms with Gasteiger partial charge in [0.1, 0.15) is 0 Å². The predicted molar refractivity (Wildman–Crippen MR) is 112 cm³/mol. The van der Waals surface area contributed by atoms with E-state index < -0.39 is 9.84 Å². The molecular formula is C23H32O2S. The molecule has 0 aliphatic heterocycles. The highest BCUT2D eigenvalue weighted by atomic mass is 32.2. The SMILES string of the molecule is CCCCc1ccc(CCc2ccc(CCS(=O)(=O)C(C)C)cc2)cc1. The fourth-order valence-electron chi connectivity index (χ4n) is 2.91. The van der Waals surface area contributed by atoms with Crippen molar-refractivity contribution < 1.29 is 8.42 Å². The van der Waals surface area contributed by atoms with Gasteiger partial charge < -0.3 is 0 Å². The Labute approximate surface area is 159 Å². The van der Waals surface area contributed by atoms with Crippen molar-refractivity contribution in [2.24, 2.45) is 0 Å². The molecular weight excluding hydrogens is 340 g/mol. The predicted octanol–water partition coefficient (Wildman–Crippen LogP) is 5.18. The van der Waals surface area contributed by atoms with E-state index in [1.165, 1.54) is 36.0 Å². The Bertz CT molecular complexity index is 757. The van der Waals surface area contributed by atoms with Crippen LogP contribution in [0.15, 0.2) is 48.5 Å². The van der Waals surface area contributed by atoms with Crippen molar-refractivity contribution >= 4 is 9.84 Å². The van der Waals surface area contributed by atoms with Crippen LogP contribution in [0.1, 0.15) is 55.9 Å². The zero-order chi connectivity index (χ0) is 19.0. The first-order valence-corrected chi connectivity index (χ1v) is 11.5. The summed E-state index contributed by atoms with van der Waals surface area (Å²) < 4.78 is 23.8. The van der Waals surface area contributed by atoms with Gasteiger partial charge in [-0.25, -0.2) is 8.42 Å². The van der Waals surface area contributed by atoms with Crippen LogP contribution in [-0.2, 0) is 35.5 Å². The Balaban J connectivity index is 1.83. The summed E-state index contributed by atoms with van der Waals surface area (Å²) in [5.74, 6) is 0.231. The van der Waals surface area contributed by atoms with Gasteiger partial charge in [-0.05, 0) is 68.2 Å². The zero-order valence-corrected chi connectivity index (χ0v) is 17.2. The molecule has 0 amide bonds. The first-order valence-electron chi connectivity index (χ1n) is 9.78. The van der Waals surface area contributed by atoms with Gasteiger partial charge in [0.15, 0.2) is 9.84 Å². The van der Waals surface area contributed by atoms with Gasteiger partial charge in [-0.15, -0.1) is 0 Å². The molecule has 0 aliphatic rings. The monoisotopic (exact) mass is 372 g/mol. The lowest BCUT2D eigenvalue weighted by Crippen LogP contribution is -2.19. The molecule has 26 heavy (non-hydrogen) atoms. The van der Waals surface area contributed by atoms with Crippen molar-refractivity contribution in [1.82, 2.24) is 0 Å². The van der Waals surface area contributed by atoms with Crippen LogP contribution in [-0.4, -0.2) is 19.4 Å². The maximum Gasteiger partial charge on any atom is 0.152 e. The lowest BCUT2D eigenvalue weighted by Gasteiger charge is -2.08. The fourth-order valence-corrected chi connectivity index (χ4v) is 3.90. The second-order valence-electron chi connectivity index (χ2n) is 7.40. The van der Waals surface area contributed by atoms with Crippen molar-refractivity contribution in [2.75, 3.05) is 5.75 Å². The summed E-state index contributed by atoms with van der Waals surface area (Å²) in [5, 5.41) is -0.296. The van der Waals surface area contributed by atoms with Crippen LogP contribution in [0.4, 0.5) is 0 Å². The number of sulfone groups is 1. The molecule has 0 spiro atoms. The molecule has 142 valence electrons. The number of unbranched alkanes of at least 4 members (excludes halogenated alkanes) is 1. The van der Waals surface area contributed by atoms with Crippen LogP contribution < -0.4 is 0 Å². The highest BCUT2D eigenvalue weighted by Crippen LogP contribution is 2.13. The summed E-state index contributed by atoms with van der Waals surface area (Å²) in [6.07, 6.45) is 6.31. The fraction of sp³-hybridized carbons (Fsp3) is 0.478. The number of aryl methyl sites for hydroxylation is 4. The van der Waals surface area contributed by atoms with Crippen LogP contribution in [0.3, 0.4) is 0 Å². The van der Waals surface area contributed by atoms with E-state index in [-0.39, 0.29) is 11.0 Å². The standard InChI is InChI=1S/C23H32O2S/c1-4-5-6-20-7-9-21(10-8-20)11-12-22-13-15-23(16-14-22)17-18-26(24,25)19(2)3/h7-10,13-16,19H,4-6,11-12,17-18H2,1-3H3. The first kappa shape index (κ1) is 20.7. The molecule has 0 heterocycles. The van der Waals surface area contributed by atoms with Crippen molar-refractivity contribution in [3.8, 4) is 0 Å². The van der Waals surface area contributed by atoms with Gasteiger partial charge in [0.25, 0.3) is 0 Å². The minimum absolute atomic E-state index is 0.231. The van der Waals surface area contributed by atoms with E-state index in [4.69, 9.17) is 0 Å². The largest absolute Gasteiger partial charge is 0.229 e. The van der Waals surface area contributed by atoms with Crippen LogP contribution in [0, 0.1) is 0 Å². The Kier molecular flexibility index (Phi) is 7.89. The minimum atomic E-state index is -2.96. The topological polar surface area (TPSA) is 34.1 Å². The molecule has 0 N–H and O–H groups in total. The Morgan fingerprint density at radius 2 is 1.08 bits per heavy atom. The van der Waals surface area contributed by atoms with Crippen molar-refractivity contribution in [3.63, 3.8) is 0 Å². The van der Waals surface area contributed by atoms with Crippen LogP contribution in [0.25, 0.3) is 0 Å². The Hall–Kier alpha value is -1.61. The first-order chi connectivity index (χ1) is 12.4. The molecule has 0 unspecified atom stereocenters. The molecule has 0 fully saturated rings. The van der Waals surface area contributed by atoms with E-state index in [0.717, 1.165) is 18.4 Å². The third-order valence-electron chi connectivity index (χ3n) is 4.96. The van der Waals surface area contributed by atoms with Crippen molar-refractivity contribution in [2.45, 2.75) is 64.5 Å². The molecule has 2 rings (SSSR count). The highest BCUT2D eigenvalue weighted by Gasteiger charge is 2.15. The summed E-state index contributed by atoms with van der Waals surface area (Å²) >= 11 is 0. The molecule has 2 aromatic rings. The van der Waals surface area contributed by atoms with E-state index in [1.807, 2.05) is 0 Å². The van der Waals surface area contributed by atoms with Gasteiger partial charge in [-0.2, -0.15) is 0 Å². The summed E-state index contributed by atoms with van der Waals surface area (Å²) in [7, 11) is -2.96. The van der Waals surface area contributed by atoms with Crippen LogP contribution in [0.2, 0.25) is 0 Å². The second kappa shape index (κ2) is 9.91. The zero-order valence-electron chi connectivity index (χ0n) is 16.4. The number of hydrogen-bond acceptors (Lipinski definition) is 2. The molecule has 0 atom stereocenters. The summed E-state index contributed by atoms with van der Waals surface area (Å²) in [6.45, 7) is 5.71. The number of hydrogen-bond donors (Lipinski definition) is 0. The van der Waals surface area contributed by atoms with Gasteiger partial charge in [0, 0.05) is 0 Å². The van der Waals surface area contributed by atoms with Crippen LogP contribution in [0.5, 0.6) is 0 Å². The van der Waals surface area contributed by atoms with Gasteiger partial charge >= 0.3 is 0 Å². The molecule has 0 aromatic heterocycles. The second-order valence-corrected chi connectivity index (χ2v) is 10.1. The van der Waals surface area contributed by atoms with Gasteiger partial charge in [-0.3, -0.25) is 0 Å². The Morgan fingerprint density at radius 3 is 1.46 bits per heavy atom. The third-order valence-corrected chi connectivity index (χ3v) is 7.17. The van der Waals surface area contributed by atoms with E-state index >= 15 is 0 Å². The molecule has 3 heteroatoms. The average molecular weight is 373 g/mol. The molecule has 0 saturated heterocycles. The maximum absolute atomic E-state index is 11.9. The lowest BCUT2D eigenvalue weighted by atomic mass is 10.0. The van der Waals surface area contributed by atoms with E-state index in [9.17, 15) is 8.42 Å². The van der Waals surface area contributed by atoms with E-state index in [1.54, 1.807) is 13.8 Å². The van der Waals surface area contributed by atoms with E-state index in [0.29, 0.717) is 6.42 Å².